The standard InChI is InChI=1S/C22H38/c1-3-5-7-9-11-13-15-17-19-21-22-20-18-16-14-12-10-8-6-4-2/h3-13,18-22H2,1-2H3. The van der Waals surface area contributed by atoms with Gasteiger partial charge in [0.15, 0.2) is 0 Å². The van der Waals surface area contributed by atoms with Gasteiger partial charge >= 0.3 is 0 Å². The molecule has 0 saturated heterocycles. The molecule has 0 atom stereocenters. The zero-order valence-electron chi connectivity index (χ0n) is 15.3. The van der Waals surface area contributed by atoms with Crippen LogP contribution in [-0.4, -0.2) is 0 Å². The van der Waals surface area contributed by atoms with Gasteiger partial charge in [0.25, 0.3) is 0 Å². The fourth-order valence-corrected chi connectivity index (χ4v) is 2.41. The molecule has 0 rings (SSSR count). The van der Waals surface area contributed by atoms with Crippen molar-refractivity contribution >= 4 is 0 Å². The van der Waals surface area contributed by atoms with Crippen molar-refractivity contribution in [3.63, 3.8) is 0 Å². The molecule has 0 aromatic heterocycles. The summed E-state index contributed by atoms with van der Waals surface area (Å²) in [5.74, 6) is 13.3. The molecule has 126 valence electrons. The van der Waals surface area contributed by atoms with Crippen LogP contribution in [0.2, 0.25) is 0 Å². The summed E-state index contributed by atoms with van der Waals surface area (Å²) in [5.41, 5.74) is 0. The van der Waals surface area contributed by atoms with Gasteiger partial charge in [0.1, 0.15) is 0 Å². The SMILES string of the molecule is CCCCCCC#CCCCCCC#CCCCCCCC. The van der Waals surface area contributed by atoms with E-state index in [4.69, 9.17) is 0 Å². The lowest BCUT2D eigenvalue weighted by atomic mass is 10.1. The third-order valence-corrected chi connectivity index (χ3v) is 3.91. The van der Waals surface area contributed by atoms with Crippen molar-refractivity contribution in [1.82, 2.24) is 0 Å². The Morgan fingerprint density at radius 2 is 0.636 bits per heavy atom. The quantitative estimate of drug-likeness (QED) is 0.248. The first-order chi connectivity index (χ1) is 10.9. The maximum Gasteiger partial charge on any atom is 0.00886 e. The topological polar surface area (TPSA) is 0 Å². The summed E-state index contributed by atoms with van der Waals surface area (Å²) in [5, 5.41) is 0. The lowest BCUT2D eigenvalue weighted by Crippen LogP contribution is -1.78. The van der Waals surface area contributed by atoms with Gasteiger partial charge in [0.2, 0.25) is 0 Å². The summed E-state index contributed by atoms with van der Waals surface area (Å²) in [6.45, 7) is 4.52. The number of hydrogen-bond acceptors (Lipinski definition) is 0. The summed E-state index contributed by atoms with van der Waals surface area (Å²) < 4.78 is 0. The molecule has 0 aliphatic carbocycles. The van der Waals surface area contributed by atoms with Gasteiger partial charge < -0.3 is 0 Å². The molecule has 0 aliphatic rings. The second-order valence-electron chi connectivity index (χ2n) is 6.24. The molecular formula is C22H38. The Balaban J connectivity index is 3.18. The van der Waals surface area contributed by atoms with Crippen molar-refractivity contribution in [3.8, 4) is 23.7 Å². The summed E-state index contributed by atoms with van der Waals surface area (Å²) >= 11 is 0. The Hall–Kier alpha value is -0.880. The highest BCUT2D eigenvalue weighted by atomic mass is 13.9. The van der Waals surface area contributed by atoms with Gasteiger partial charge in [0, 0.05) is 25.7 Å². The van der Waals surface area contributed by atoms with Crippen molar-refractivity contribution in [3.05, 3.63) is 0 Å². The minimum atomic E-state index is 1.08. The second kappa shape index (κ2) is 20.1. The Morgan fingerprint density at radius 3 is 1.00 bits per heavy atom. The van der Waals surface area contributed by atoms with E-state index in [1.807, 2.05) is 0 Å². The van der Waals surface area contributed by atoms with Crippen LogP contribution in [0.3, 0.4) is 0 Å². The maximum absolute atomic E-state index is 3.32. The van der Waals surface area contributed by atoms with Gasteiger partial charge in [-0.15, -0.1) is 23.7 Å². The molecule has 0 saturated carbocycles. The molecule has 0 amide bonds. The van der Waals surface area contributed by atoms with E-state index >= 15 is 0 Å². The van der Waals surface area contributed by atoms with Gasteiger partial charge in [-0.2, -0.15) is 0 Å². The molecule has 0 heteroatoms. The van der Waals surface area contributed by atoms with E-state index < -0.39 is 0 Å². The van der Waals surface area contributed by atoms with Crippen LogP contribution in [0, 0.1) is 23.7 Å². The zero-order valence-corrected chi connectivity index (χ0v) is 15.3. The monoisotopic (exact) mass is 302 g/mol. The van der Waals surface area contributed by atoms with E-state index in [1.54, 1.807) is 0 Å². The molecule has 0 heterocycles. The summed E-state index contributed by atoms with van der Waals surface area (Å²) in [4.78, 5) is 0. The molecule has 0 aromatic rings. The first-order valence-electron chi connectivity index (χ1n) is 9.83. The Labute approximate surface area is 140 Å². The number of rotatable bonds is 13. The highest BCUT2D eigenvalue weighted by Crippen LogP contribution is 2.05. The van der Waals surface area contributed by atoms with Gasteiger partial charge in [-0.25, -0.2) is 0 Å². The molecule has 0 aromatic carbocycles. The smallest absolute Gasteiger partial charge is 0.00886 e. The minimum Gasteiger partial charge on any atom is -0.103 e. The normalized spacial score (nSPS) is 9.73. The largest absolute Gasteiger partial charge is 0.103 e. The third-order valence-electron chi connectivity index (χ3n) is 3.91. The van der Waals surface area contributed by atoms with Crippen molar-refractivity contribution in [2.75, 3.05) is 0 Å². The highest BCUT2D eigenvalue weighted by Gasteiger charge is 1.88. The first-order valence-corrected chi connectivity index (χ1v) is 9.83. The maximum atomic E-state index is 3.32. The minimum absolute atomic E-state index is 1.08. The molecule has 0 nitrogen and oxygen atoms in total. The first kappa shape index (κ1) is 21.1. The van der Waals surface area contributed by atoms with Gasteiger partial charge in [-0.3, -0.25) is 0 Å². The van der Waals surface area contributed by atoms with Crippen LogP contribution in [0.15, 0.2) is 0 Å². The van der Waals surface area contributed by atoms with Crippen LogP contribution >= 0.6 is 0 Å². The van der Waals surface area contributed by atoms with Gasteiger partial charge in [0.05, 0.1) is 0 Å². The summed E-state index contributed by atoms with van der Waals surface area (Å²) in [7, 11) is 0. The second-order valence-corrected chi connectivity index (χ2v) is 6.24. The van der Waals surface area contributed by atoms with Crippen LogP contribution in [0.25, 0.3) is 0 Å². The fraction of sp³-hybridized carbons (Fsp3) is 0.818. The number of hydrogen-bond donors (Lipinski definition) is 0. The molecule has 0 spiro atoms. The van der Waals surface area contributed by atoms with E-state index in [2.05, 4.69) is 37.5 Å². The molecule has 0 radical (unpaired) electrons. The van der Waals surface area contributed by atoms with Crippen molar-refractivity contribution < 1.29 is 0 Å². The molecule has 0 bridgehead atoms. The van der Waals surface area contributed by atoms with Crippen LogP contribution in [0.5, 0.6) is 0 Å². The predicted octanol–water partition coefficient (Wildman–Crippen LogP) is 7.27. The van der Waals surface area contributed by atoms with E-state index in [9.17, 15) is 0 Å². The van der Waals surface area contributed by atoms with E-state index in [-0.39, 0.29) is 0 Å². The van der Waals surface area contributed by atoms with Crippen molar-refractivity contribution in [1.29, 1.82) is 0 Å². The average molecular weight is 303 g/mol. The lowest BCUT2D eigenvalue weighted by molar-refractivity contribution is 0.640. The van der Waals surface area contributed by atoms with Crippen LogP contribution in [0.4, 0.5) is 0 Å². The van der Waals surface area contributed by atoms with Crippen LogP contribution in [0.1, 0.15) is 117 Å². The predicted molar refractivity (Wildman–Crippen MR) is 101 cm³/mol. The summed E-state index contributed by atoms with van der Waals surface area (Å²) in [6.07, 6.45) is 20.2. The molecule has 0 fully saturated rings. The zero-order chi connectivity index (χ0) is 16.1. The molecule has 0 unspecified atom stereocenters. The van der Waals surface area contributed by atoms with E-state index in [1.165, 1.54) is 77.0 Å². The van der Waals surface area contributed by atoms with E-state index in [0.29, 0.717) is 0 Å². The third kappa shape index (κ3) is 19.1. The Morgan fingerprint density at radius 1 is 0.364 bits per heavy atom. The number of unbranched alkanes of at least 4 members (excludes halogenated alkanes) is 13. The van der Waals surface area contributed by atoms with E-state index in [0.717, 1.165) is 25.7 Å². The Bertz CT molecular complexity index is 317. The average Bonchev–Trinajstić information content (AvgIpc) is 2.54. The van der Waals surface area contributed by atoms with Crippen LogP contribution in [-0.2, 0) is 0 Å². The Kier molecular flexibility index (Phi) is 19.3. The molecule has 0 N–H and O–H groups in total. The van der Waals surface area contributed by atoms with Gasteiger partial charge in [-0.05, 0) is 25.7 Å². The van der Waals surface area contributed by atoms with Gasteiger partial charge in [-0.1, -0.05) is 65.2 Å². The molecule has 22 heavy (non-hydrogen) atoms. The summed E-state index contributed by atoms with van der Waals surface area (Å²) in [6, 6.07) is 0. The highest BCUT2D eigenvalue weighted by molar-refractivity contribution is 4.99. The van der Waals surface area contributed by atoms with Crippen molar-refractivity contribution in [2.45, 2.75) is 117 Å². The molecular weight excluding hydrogens is 264 g/mol. The lowest BCUT2D eigenvalue weighted by Gasteiger charge is -1.95. The fourth-order valence-electron chi connectivity index (χ4n) is 2.41. The van der Waals surface area contributed by atoms with Crippen molar-refractivity contribution in [2.24, 2.45) is 0 Å². The van der Waals surface area contributed by atoms with Crippen LogP contribution < -0.4 is 0 Å². The molecule has 0 aliphatic heterocycles.